The maximum absolute atomic E-state index is 10.8. The van der Waals surface area contributed by atoms with E-state index in [9.17, 15) is 14.5 Å². The number of hydrogen-bond donors (Lipinski definition) is 5. The maximum atomic E-state index is 10.8. The van der Waals surface area contributed by atoms with Crippen LogP contribution in [-0.4, -0.2) is 54.9 Å². The summed E-state index contributed by atoms with van der Waals surface area (Å²) >= 11 is 0. The molecule has 122 valence electrons. The lowest BCUT2D eigenvalue weighted by Crippen LogP contribution is -2.22. The second-order valence-corrected chi connectivity index (χ2v) is 5.45. The summed E-state index contributed by atoms with van der Waals surface area (Å²) in [5, 5.41) is 27.6. The van der Waals surface area contributed by atoms with Gasteiger partial charge in [0.1, 0.15) is 5.75 Å². The number of phosphoric acid groups is 1. The molecule has 5 N–H and O–H groups in total. The zero-order chi connectivity index (χ0) is 16.9. The summed E-state index contributed by atoms with van der Waals surface area (Å²) < 4.78 is 15.0. The van der Waals surface area contributed by atoms with Crippen molar-refractivity contribution in [2.45, 2.75) is 19.6 Å². The van der Waals surface area contributed by atoms with Gasteiger partial charge in [0.15, 0.2) is 6.04 Å². The summed E-state index contributed by atoms with van der Waals surface area (Å²) in [7, 11) is -4.73. The molecule has 0 amide bonds. The normalized spacial score (nSPS) is 13.5. The minimum atomic E-state index is -4.73. The van der Waals surface area contributed by atoms with Gasteiger partial charge in [0.2, 0.25) is 0 Å². The second-order valence-electron chi connectivity index (χ2n) is 4.21. The zero-order valence-electron chi connectivity index (χ0n) is 11.4. The first-order valence-corrected chi connectivity index (χ1v) is 7.43. The van der Waals surface area contributed by atoms with E-state index in [1.54, 1.807) is 0 Å². The number of aryl methyl sites for hydroxylation is 1. The Bertz CT molecular complexity index is 627. The van der Waals surface area contributed by atoms with Crippen molar-refractivity contribution in [1.29, 1.82) is 0 Å². The van der Waals surface area contributed by atoms with Crippen LogP contribution in [0.1, 0.15) is 16.8 Å². The van der Waals surface area contributed by atoms with Crippen LogP contribution in [0.15, 0.2) is 11.2 Å². The summed E-state index contributed by atoms with van der Waals surface area (Å²) in [5.41, 5.74) is 0.301. The molecule has 0 spiro atoms. The molecule has 0 aliphatic heterocycles. The molecule has 10 nitrogen and oxygen atoms in total. The highest BCUT2D eigenvalue weighted by Crippen LogP contribution is 2.37. The number of aliphatic imine (C=N–C) groups is 1. The number of carboxylic acid groups (broad SMARTS) is 1. The number of aliphatic hydroxyl groups is 1. The van der Waals surface area contributed by atoms with Gasteiger partial charge in [-0.05, 0) is 6.92 Å². The molecular formula is C11H15N2O8P. The molecule has 22 heavy (non-hydrogen) atoms. The zero-order valence-corrected chi connectivity index (χ0v) is 12.3. The van der Waals surface area contributed by atoms with Crippen LogP contribution < -0.4 is 0 Å². The smallest absolute Gasteiger partial charge is 0.469 e. The van der Waals surface area contributed by atoms with Gasteiger partial charge in [-0.15, -0.1) is 0 Å². The van der Waals surface area contributed by atoms with E-state index in [1.807, 2.05) is 0 Å². The summed E-state index contributed by atoms with van der Waals surface area (Å²) in [6.45, 7) is 0.162. The van der Waals surface area contributed by atoms with E-state index in [-0.39, 0.29) is 22.6 Å². The molecule has 0 aliphatic carbocycles. The third-order valence-electron chi connectivity index (χ3n) is 2.59. The first kappa shape index (κ1) is 18.2. The van der Waals surface area contributed by atoms with Crippen molar-refractivity contribution in [3.8, 4) is 5.75 Å². The minimum absolute atomic E-state index is 0.000602. The van der Waals surface area contributed by atoms with Crippen LogP contribution in [-0.2, 0) is 20.5 Å². The Hall–Kier alpha value is -1.84. The number of hydrogen-bond acceptors (Lipinski definition) is 7. The van der Waals surface area contributed by atoms with Crippen molar-refractivity contribution in [2.75, 3.05) is 6.61 Å². The maximum Gasteiger partial charge on any atom is 0.469 e. The Balaban J connectivity index is 3.14. The molecule has 1 heterocycles. The van der Waals surface area contributed by atoms with Crippen LogP contribution in [0.3, 0.4) is 0 Å². The van der Waals surface area contributed by atoms with Crippen LogP contribution in [0, 0.1) is 6.92 Å². The fourth-order valence-corrected chi connectivity index (χ4v) is 1.73. The van der Waals surface area contributed by atoms with Gasteiger partial charge >= 0.3 is 13.8 Å². The summed E-state index contributed by atoms with van der Waals surface area (Å²) in [5.74, 6) is -1.70. The summed E-state index contributed by atoms with van der Waals surface area (Å²) in [4.78, 5) is 35.6. The first-order chi connectivity index (χ1) is 10.2. The Morgan fingerprint density at radius 2 is 2.18 bits per heavy atom. The molecule has 1 rings (SSSR count). The number of aliphatic carboxylic acids is 1. The SMILES string of the molecule is Cc1ncc(COP(=O)(O)O)c(C=NC(CO)C(=O)O)c1O. The number of aliphatic hydroxyl groups excluding tert-OH is 1. The standard InChI is InChI=1S/C11H15N2O8P/c1-6-10(15)8(3-13-9(4-14)11(16)17)7(2-12-6)5-21-22(18,19)20/h2-3,9,14-15H,4-5H2,1H3,(H,16,17)(H2,18,19,20). The number of carbonyl (C=O) groups is 1. The first-order valence-electron chi connectivity index (χ1n) is 5.90. The van der Waals surface area contributed by atoms with Crippen LogP contribution in [0.25, 0.3) is 0 Å². The fraction of sp³-hybridized carbons (Fsp3) is 0.364. The van der Waals surface area contributed by atoms with E-state index in [1.165, 1.54) is 13.1 Å². The van der Waals surface area contributed by atoms with Crippen molar-refractivity contribution in [2.24, 2.45) is 4.99 Å². The second kappa shape index (κ2) is 7.43. The Morgan fingerprint density at radius 3 is 2.68 bits per heavy atom. The number of carboxylic acids is 1. The third kappa shape index (κ3) is 5.17. The van der Waals surface area contributed by atoms with Crippen molar-refractivity contribution < 1.29 is 39.0 Å². The predicted molar refractivity (Wildman–Crippen MR) is 73.6 cm³/mol. The number of nitrogens with zero attached hydrogens (tertiary/aromatic N) is 2. The van der Waals surface area contributed by atoms with Crippen molar-refractivity contribution >= 4 is 20.0 Å². The van der Waals surface area contributed by atoms with Crippen LogP contribution in [0.4, 0.5) is 0 Å². The van der Waals surface area contributed by atoms with Crippen LogP contribution in [0.2, 0.25) is 0 Å². The highest BCUT2D eigenvalue weighted by atomic mass is 31.2. The van der Waals surface area contributed by atoms with Gasteiger partial charge in [0.05, 0.1) is 18.9 Å². The van der Waals surface area contributed by atoms with Gasteiger partial charge in [-0.1, -0.05) is 0 Å². The molecule has 1 aromatic heterocycles. The van der Waals surface area contributed by atoms with E-state index >= 15 is 0 Å². The largest absolute Gasteiger partial charge is 0.505 e. The van der Waals surface area contributed by atoms with E-state index in [2.05, 4.69) is 14.5 Å². The quantitative estimate of drug-likeness (QED) is 0.328. The topological polar surface area (TPSA) is 170 Å². The van der Waals surface area contributed by atoms with Gasteiger partial charge in [0.25, 0.3) is 0 Å². The van der Waals surface area contributed by atoms with Crippen LogP contribution >= 0.6 is 7.82 Å². The molecule has 0 aliphatic rings. The van der Waals surface area contributed by atoms with Crippen molar-refractivity contribution in [1.82, 2.24) is 4.98 Å². The Kier molecular flexibility index (Phi) is 6.15. The molecule has 0 saturated heterocycles. The lowest BCUT2D eigenvalue weighted by atomic mass is 10.1. The Labute approximate surface area is 125 Å². The van der Waals surface area contributed by atoms with E-state index in [0.717, 1.165) is 6.21 Å². The molecule has 1 aromatic rings. The molecule has 0 fully saturated rings. The third-order valence-corrected chi connectivity index (χ3v) is 3.05. The number of phosphoric ester groups is 1. The monoisotopic (exact) mass is 334 g/mol. The molecule has 11 heteroatoms. The summed E-state index contributed by atoms with van der Waals surface area (Å²) in [6, 6.07) is -1.43. The fourth-order valence-electron chi connectivity index (χ4n) is 1.42. The molecule has 1 unspecified atom stereocenters. The highest BCUT2D eigenvalue weighted by molar-refractivity contribution is 7.46. The summed E-state index contributed by atoms with van der Waals surface area (Å²) in [6.07, 6.45) is 2.19. The lowest BCUT2D eigenvalue weighted by Gasteiger charge is -2.11. The minimum Gasteiger partial charge on any atom is -0.505 e. The molecule has 1 atom stereocenters. The highest BCUT2D eigenvalue weighted by Gasteiger charge is 2.18. The molecule has 0 aromatic carbocycles. The van der Waals surface area contributed by atoms with Gasteiger partial charge in [-0.2, -0.15) is 0 Å². The number of pyridine rings is 1. The van der Waals surface area contributed by atoms with E-state index in [0.29, 0.717) is 0 Å². The van der Waals surface area contributed by atoms with Gasteiger partial charge in [-0.3, -0.25) is 14.5 Å². The number of aromatic nitrogens is 1. The average Bonchev–Trinajstić information content (AvgIpc) is 2.41. The number of aromatic hydroxyl groups is 1. The Morgan fingerprint density at radius 1 is 1.55 bits per heavy atom. The molecule has 0 radical (unpaired) electrons. The lowest BCUT2D eigenvalue weighted by molar-refractivity contribution is -0.139. The van der Waals surface area contributed by atoms with E-state index < -0.39 is 33.0 Å². The molecular weight excluding hydrogens is 319 g/mol. The number of rotatable bonds is 7. The van der Waals surface area contributed by atoms with E-state index in [4.69, 9.17) is 20.0 Å². The van der Waals surface area contributed by atoms with Gasteiger partial charge < -0.3 is 25.1 Å². The molecule has 0 bridgehead atoms. The average molecular weight is 334 g/mol. The van der Waals surface area contributed by atoms with Gasteiger partial charge in [0, 0.05) is 23.5 Å². The molecule has 0 saturated carbocycles. The predicted octanol–water partition coefficient (Wildman–Crippen LogP) is -0.431. The van der Waals surface area contributed by atoms with Crippen molar-refractivity contribution in [3.63, 3.8) is 0 Å². The van der Waals surface area contributed by atoms with Crippen LogP contribution in [0.5, 0.6) is 5.75 Å². The van der Waals surface area contributed by atoms with Gasteiger partial charge in [-0.25, -0.2) is 9.36 Å². The van der Waals surface area contributed by atoms with Crippen molar-refractivity contribution in [3.05, 3.63) is 23.0 Å².